The fourth-order valence-corrected chi connectivity index (χ4v) is 4.21. The molecule has 5 N–H and O–H groups in total. The van der Waals surface area contributed by atoms with Gasteiger partial charge in [0, 0.05) is 23.9 Å². The summed E-state index contributed by atoms with van der Waals surface area (Å²) in [6.07, 6.45) is 4.59. The molecule has 0 amide bonds. The Labute approximate surface area is 296 Å². The maximum atomic E-state index is 4.97. The molecule has 39 heavy (non-hydrogen) atoms. The van der Waals surface area contributed by atoms with Gasteiger partial charge in [0.2, 0.25) is 0 Å². The summed E-state index contributed by atoms with van der Waals surface area (Å²) >= 11 is 0. The summed E-state index contributed by atoms with van der Waals surface area (Å²) in [6.45, 7) is 9.97. The summed E-state index contributed by atoms with van der Waals surface area (Å²) in [4.78, 5) is 9.94. The van der Waals surface area contributed by atoms with Crippen LogP contribution in [0.4, 0.5) is 0 Å². The van der Waals surface area contributed by atoms with Gasteiger partial charge in [-0.3, -0.25) is 0 Å². The molecule has 0 unspecified atom stereocenters. The minimum Gasteiger partial charge on any atom is -0.317 e. The van der Waals surface area contributed by atoms with Gasteiger partial charge >= 0.3 is 0 Å². The first-order valence-corrected chi connectivity index (χ1v) is 12.6. The molecule has 1 aliphatic rings. The van der Waals surface area contributed by atoms with E-state index in [1.807, 2.05) is 0 Å². The molecule has 7 nitrogen and oxygen atoms in total. The van der Waals surface area contributed by atoms with Crippen molar-refractivity contribution in [2.24, 2.45) is 0 Å². The van der Waals surface area contributed by atoms with Gasteiger partial charge in [-0.25, -0.2) is 9.97 Å². The molecule has 0 saturated carbocycles. The largest absolute Gasteiger partial charge is 0.317 e. The zero-order valence-electron chi connectivity index (χ0n) is 22.2. The van der Waals surface area contributed by atoms with Crippen LogP contribution in [0.2, 0.25) is 0 Å². The lowest BCUT2D eigenvalue weighted by molar-refractivity contribution is 0.543. The fraction of sp³-hybridized carbons (Fsp3) is 0.538. The average Bonchev–Trinajstić information content (AvgIpc) is 2.84. The molecule has 4 rings (SSSR count). The lowest BCUT2D eigenvalue weighted by Gasteiger charge is -2.09. The first kappa shape index (κ1) is 44.2. The molecule has 1 aromatic carbocycles. The molecule has 0 radical (unpaired) electrons. The number of aromatic nitrogens is 2. The van der Waals surface area contributed by atoms with Crippen LogP contribution >= 0.6 is 102 Å². The van der Waals surface area contributed by atoms with Gasteiger partial charge in [0.15, 0.2) is 0 Å². The van der Waals surface area contributed by atoms with E-state index in [9.17, 15) is 0 Å². The highest BCUT2D eigenvalue weighted by Gasteiger charge is 2.07. The second-order valence-electron chi connectivity index (χ2n) is 8.83. The molecule has 2 aromatic heterocycles. The molecule has 4 bridgehead atoms. The molecule has 0 atom stereocenters. The van der Waals surface area contributed by atoms with Crippen LogP contribution in [0.5, 0.6) is 0 Å². The monoisotopic (exact) mass is 929 g/mol. The van der Waals surface area contributed by atoms with E-state index in [4.69, 9.17) is 9.97 Å². The van der Waals surface area contributed by atoms with Crippen molar-refractivity contribution in [1.29, 1.82) is 0 Å². The van der Waals surface area contributed by atoms with Crippen molar-refractivity contribution in [1.82, 2.24) is 36.6 Å². The van der Waals surface area contributed by atoms with E-state index in [2.05, 4.69) is 63.0 Å². The summed E-state index contributed by atoms with van der Waals surface area (Å²) in [7, 11) is 0. The number of nitrogens with zero attached hydrogens (tertiary/aromatic N) is 2. The maximum absolute atomic E-state index is 4.97. The van der Waals surface area contributed by atoms with Gasteiger partial charge < -0.3 is 26.6 Å². The Morgan fingerprint density at radius 2 is 0.667 bits per heavy atom. The van der Waals surface area contributed by atoms with E-state index < -0.39 is 0 Å². The van der Waals surface area contributed by atoms with E-state index in [0.717, 1.165) is 111 Å². The molecule has 3 heterocycles. The average molecular weight is 935 g/mol. The van der Waals surface area contributed by atoms with E-state index >= 15 is 0 Å². The van der Waals surface area contributed by atoms with Crippen molar-refractivity contribution >= 4 is 124 Å². The summed E-state index contributed by atoms with van der Waals surface area (Å²) in [5.41, 5.74) is 4.13. The van der Waals surface area contributed by atoms with E-state index in [1.165, 1.54) is 12.8 Å². The van der Waals surface area contributed by atoms with Gasteiger partial charge in [0.25, 0.3) is 0 Å². The van der Waals surface area contributed by atoms with Crippen LogP contribution in [-0.2, 0) is 13.1 Å². The van der Waals surface area contributed by atoms with Gasteiger partial charge in [-0.2, -0.15) is 0 Å². The number of benzene rings is 1. The number of fused-ring (bicyclic) bond motifs is 2. The molecule has 1 aliphatic heterocycles. The summed E-state index contributed by atoms with van der Waals surface area (Å²) in [5, 5.41) is 20.0. The van der Waals surface area contributed by atoms with Crippen LogP contribution in [-0.4, -0.2) is 62.3 Å². The van der Waals surface area contributed by atoms with Gasteiger partial charge in [-0.15, -0.1) is 102 Å². The van der Waals surface area contributed by atoms with E-state index in [-0.39, 0.29) is 102 Å². The summed E-state index contributed by atoms with van der Waals surface area (Å²) in [5.74, 6) is 0. The first-order valence-electron chi connectivity index (χ1n) is 12.6. The summed E-state index contributed by atoms with van der Waals surface area (Å²) in [6, 6.07) is 12.9. The highest BCUT2D eigenvalue weighted by Crippen LogP contribution is 2.23. The van der Waals surface area contributed by atoms with Crippen molar-refractivity contribution in [2.45, 2.75) is 38.8 Å². The topological polar surface area (TPSA) is 85.9 Å². The maximum Gasteiger partial charge on any atom is 0.0968 e. The van der Waals surface area contributed by atoms with E-state index in [1.54, 1.807) is 0 Å². The first-order chi connectivity index (χ1) is 16.4. The molecular formula is C26H45Br6N7. The molecule has 226 valence electrons. The smallest absolute Gasteiger partial charge is 0.0968 e. The van der Waals surface area contributed by atoms with Crippen molar-refractivity contribution in [3.05, 3.63) is 47.8 Å². The number of hydrogen-bond acceptors (Lipinski definition) is 7. The van der Waals surface area contributed by atoms with Crippen LogP contribution in [0.3, 0.4) is 0 Å². The van der Waals surface area contributed by atoms with E-state index in [0.29, 0.717) is 0 Å². The summed E-state index contributed by atoms with van der Waals surface area (Å²) < 4.78 is 0. The normalized spacial score (nSPS) is 16.1. The second kappa shape index (κ2) is 26.4. The van der Waals surface area contributed by atoms with Crippen molar-refractivity contribution in [2.75, 3.05) is 52.4 Å². The van der Waals surface area contributed by atoms with Crippen LogP contribution in [0, 0.1) is 0 Å². The third kappa shape index (κ3) is 15.7. The molecule has 13 heteroatoms. The predicted octanol–water partition coefficient (Wildman–Crippen LogP) is 5.77. The fourth-order valence-electron chi connectivity index (χ4n) is 4.21. The lowest BCUT2D eigenvalue weighted by Crippen LogP contribution is -2.27. The molecule has 3 aromatic rings. The lowest BCUT2D eigenvalue weighted by atomic mass is 10.1. The number of pyridine rings is 2. The van der Waals surface area contributed by atoms with Crippen LogP contribution < -0.4 is 26.6 Å². The Morgan fingerprint density at radius 1 is 0.385 bits per heavy atom. The molecular weight excluding hydrogens is 890 g/mol. The standard InChI is InChI=1S/C26H39N7.6BrH/c1-11-27-12-2-14-29-16-4-18-31-20-24-10-8-22-6-5-21-7-9-23(32-25(21)26(22)33-24)19-30-17-3-15-28-13-1;;;;;;/h5-10,27-31H,1-4,11-20H2;6*1H. The Balaban J connectivity index is -0.00000216. The molecule has 0 aliphatic carbocycles. The molecule has 0 saturated heterocycles. The Kier molecular flexibility index (Phi) is 29.8. The van der Waals surface area contributed by atoms with Crippen LogP contribution in [0.15, 0.2) is 36.4 Å². The zero-order chi connectivity index (χ0) is 22.6. The number of halogens is 6. The number of nitrogens with one attached hydrogen (secondary N) is 5. The van der Waals surface area contributed by atoms with Crippen LogP contribution in [0.25, 0.3) is 21.8 Å². The Bertz CT molecular complexity index is 936. The minimum absolute atomic E-state index is 0. The third-order valence-electron chi connectivity index (χ3n) is 6.08. The van der Waals surface area contributed by atoms with Gasteiger partial charge in [0.1, 0.15) is 0 Å². The zero-order valence-corrected chi connectivity index (χ0v) is 32.5. The minimum atomic E-state index is 0. The van der Waals surface area contributed by atoms with Gasteiger partial charge in [-0.05, 0) is 90.2 Å². The Morgan fingerprint density at radius 3 is 1.00 bits per heavy atom. The number of rotatable bonds is 0. The molecule has 0 fully saturated rings. The second-order valence-corrected chi connectivity index (χ2v) is 8.83. The Hall–Kier alpha value is 0.720. The highest BCUT2D eigenvalue weighted by atomic mass is 79.9. The van der Waals surface area contributed by atoms with Crippen molar-refractivity contribution < 1.29 is 0 Å². The van der Waals surface area contributed by atoms with Gasteiger partial charge in [0.05, 0.1) is 22.4 Å². The molecule has 0 spiro atoms. The van der Waals surface area contributed by atoms with Crippen molar-refractivity contribution in [3.8, 4) is 0 Å². The van der Waals surface area contributed by atoms with Crippen molar-refractivity contribution in [3.63, 3.8) is 0 Å². The predicted molar refractivity (Wildman–Crippen MR) is 199 cm³/mol. The highest BCUT2D eigenvalue weighted by molar-refractivity contribution is 8.93. The number of hydrogen-bond donors (Lipinski definition) is 5. The quantitative estimate of drug-likeness (QED) is 0.183. The SMILES string of the molecule is Br.Br.Br.Br.Br.Br.c1cc2ccc3ccc4nc3c2nc1CNCCCNCCCNCCCNCCCNC4. The van der Waals surface area contributed by atoms with Gasteiger partial charge in [-0.1, -0.05) is 24.3 Å². The van der Waals surface area contributed by atoms with Crippen LogP contribution in [0.1, 0.15) is 37.1 Å². The third-order valence-corrected chi connectivity index (χ3v) is 6.08.